The largest absolute Gasteiger partial charge is 0.675 e. The zero-order chi connectivity index (χ0) is 10.1. The first-order valence-corrected chi connectivity index (χ1v) is 3.98. The van der Waals surface area contributed by atoms with Crippen LogP contribution >= 0.6 is 0 Å². The SMILES string of the molecule is [NH-]C1CCN(C(=O)C(F)(F)F)CC1. The Morgan fingerprint density at radius 1 is 1.31 bits per heavy atom. The van der Waals surface area contributed by atoms with Crippen molar-refractivity contribution >= 4 is 5.91 Å². The van der Waals surface area contributed by atoms with E-state index >= 15 is 0 Å². The average molecular weight is 195 g/mol. The fourth-order valence-electron chi connectivity index (χ4n) is 1.26. The van der Waals surface area contributed by atoms with Crippen molar-refractivity contribution in [2.75, 3.05) is 13.1 Å². The molecule has 0 aromatic heterocycles. The van der Waals surface area contributed by atoms with Crippen molar-refractivity contribution < 1.29 is 18.0 Å². The van der Waals surface area contributed by atoms with Crippen LogP contribution in [0.25, 0.3) is 5.73 Å². The van der Waals surface area contributed by atoms with Crippen LogP contribution < -0.4 is 0 Å². The molecule has 0 unspecified atom stereocenters. The van der Waals surface area contributed by atoms with Gasteiger partial charge in [0, 0.05) is 13.1 Å². The maximum atomic E-state index is 11.9. The Morgan fingerprint density at radius 3 is 2.15 bits per heavy atom. The van der Waals surface area contributed by atoms with Gasteiger partial charge in [0.15, 0.2) is 0 Å². The molecule has 0 radical (unpaired) electrons. The van der Waals surface area contributed by atoms with E-state index in [2.05, 4.69) is 0 Å². The Hall–Kier alpha value is -0.780. The predicted octanol–water partition coefficient (Wildman–Crippen LogP) is 1.59. The van der Waals surface area contributed by atoms with Crippen molar-refractivity contribution in [3.63, 3.8) is 0 Å². The molecule has 0 bridgehead atoms. The minimum atomic E-state index is -4.77. The van der Waals surface area contributed by atoms with Gasteiger partial charge in [-0.15, -0.1) is 6.04 Å². The number of carbonyl (C=O) groups excluding carboxylic acids is 1. The van der Waals surface area contributed by atoms with Crippen molar-refractivity contribution in [2.45, 2.75) is 25.1 Å². The number of amides is 1. The molecule has 0 atom stereocenters. The maximum Gasteiger partial charge on any atom is 0.471 e. The number of hydrogen-bond donors (Lipinski definition) is 0. The molecule has 1 heterocycles. The van der Waals surface area contributed by atoms with Gasteiger partial charge in [0.1, 0.15) is 0 Å². The van der Waals surface area contributed by atoms with Gasteiger partial charge >= 0.3 is 12.1 Å². The van der Waals surface area contributed by atoms with E-state index in [0.717, 1.165) is 4.90 Å². The smallest absolute Gasteiger partial charge is 0.471 e. The minimum absolute atomic E-state index is 0.0481. The van der Waals surface area contributed by atoms with Gasteiger partial charge in [-0.25, -0.2) is 0 Å². The maximum absolute atomic E-state index is 11.9. The number of halogens is 3. The summed E-state index contributed by atoms with van der Waals surface area (Å²) in [7, 11) is 0. The standard InChI is InChI=1S/C7H10F3N2O/c8-7(9,10)6(13)12-3-1-5(11)2-4-12/h5,11H,1-4H2/q-1. The molecule has 1 rings (SSSR count). The van der Waals surface area contributed by atoms with Gasteiger partial charge in [-0.1, -0.05) is 12.8 Å². The van der Waals surface area contributed by atoms with Gasteiger partial charge in [0.25, 0.3) is 0 Å². The third kappa shape index (κ3) is 2.58. The molecule has 0 saturated carbocycles. The highest BCUT2D eigenvalue weighted by Crippen LogP contribution is 2.21. The van der Waals surface area contributed by atoms with E-state index in [1.54, 1.807) is 0 Å². The summed E-state index contributed by atoms with van der Waals surface area (Å²) in [5, 5.41) is 0. The summed E-state index contributed by atoms with van der Waals surface area (Å²) in [6, 6.07) is -0.322. The van der Waals surface area contributed by atoms with Crippen molar-refractivity contribution in [1.82, 2.24) is 4.90 Å². The molecular weight excluding hydrogens is 185 g/mol. The molecule has 0 aromatic rings. The summed E-state index contributed by atoms with van der Waals surface area (Å²) >= 11 is 0. The number of likely N-dealkylation sites (tertiary alicyclic amines) is 1. The van der Waals surface area contributed by atoms with Crippen molar-refractivity contribution in [2.24, 2.45) is 0 Å². The van der Waals surface area contributed by atoms with Crippen LogP contribution in [0.15, 0.2) is 0 Å². The highest BCUT2D eigenvalue weighted by Gasteiger charge is 2.42. The Morgan fingerprint density at radius 2 is 1.77 bits per heavy atom. The lowest BCUT2D eigenvalue weighted by Crippen LogP contribution is -2.45. The highest BCUT2D eigenvalue weighted by atomic mass is 19.4. The second kappa shape index (κ2) is 3.53. The molecule has 1 N–H and O–H groups in total. The van der Waals surface area contributed by atoms with E-state index in [0.29, 0.717) is 12.8 Å². The summed E-state index contributed by atoms with van der Waals surface area (Å²) < 4.78 is 35.7. The van der Waals surface area contributed by atoms with E-state index < -0.39 is 12.1 Å². The number of piperidine rings is 1. The number of hydrogen-bond acceptors (Lipinski definition) is 1. The van der Waals surface area contributed by atoms with Crippen LogP contribution in [-0.2, 0) is 4.79 Å². The minimum Gasteiger partial charge on any atom is -0.675 e. The zero-order valence-corrected chi connectivity index (χ0v) is 6.90. The normalized spacial score (nSPS) is 20.5. The lowest BCUT2D eigenvalue weighted by molar-refractivity contribution is -0.186. The quantitative estimate of drug-likeness (QED) is 0.578. The molecular formula is C7H10F3N2O-. The molecule has 1 fully saturated rings. The molecule has 1 amide bonds. The third-order valence-corrected chi connectivity index (χ3v) is 2.02. The molecule has 6 heteroatoms. The summed E-state index contributed by atoms with van der Waals surface area (Å²) in [6.07, 6.45) is -4.10. The fourth-order valence-corrected chi connectivity index (χ4v) is 1.26. The van der Waals surface area contributed by atoms with Crippen LogP contribution in [0.5, 0.6) is 0 Å². The van der Waals surface area contributed by atoms with E-state index in [-0.39, 0.29) is 19.1 Å². The molecule has 76 valence electrons. The monoisotopic (exact) mass is 195 g/mol. The lowest BCUT2D eigenvalue weighted by atomic mass is 10.1. The Balaban J connectivity index is 2.50. The van der Waals surface area contributed by atoms with Crippen LogP contribution in [0.2, 0.25) is 0 Å². The third-order valence-electron chi connectivity index (χ3n) is 2.02. The Labute approximate surface area is 73.7 Å². The second-order valence-electron chi connectivity index (χ2n) is 3.06. The zero-order valence-electron chi connectivity index (χ0n) is 6.90. The van der Waals surface area contributed by atoms with Crippen molar-refractivity contribution in [3.8, 4) is 0 Å². The first-order chi connectivity index (χ1) is 5.91. The van der Waals surface area contributed by atoms with E-state index in [1.165, 1.54) is 0 Å². The summed E-state index contributed by atoms with van der Waals surface area (Å²) in [4.78, 5) is 11.4. The number of carbonyl (C=O) groups is 1. The molecule has 3 nitrogen and oxygen atoms in total. The van der Waals surface area contributed by atoms with Crippen LogP contribution in [0.4, 0.5) is 13.2 Å². The summed E-state index contributed by atoms with van der Waals surface area (Å²) in [5.74, 6) is -1.78. The molecule has 0 spiro atoms. The van der Waals surface area contributed by atoms with Gasteiger partial charge in [0.05, 0.1) is 0 Å². The van der Waals surface area contributed by atoms with Crippen LogP contribution in [0.1, 0.15) is 12.8 Å². The first-order valence-electron chi connectivity index (χ1n) is 3.98. The Kier molecular flexibility index (Phi) is 2.80. The van der Waals surface area contributed by atoms with E-state index in [4.69, 9.17) is 5.73 Å². The number of rotatable bonds is 0. The lowest BCUT2D eigenvalue weighted by Gasteiger charge is -2.34. The molecule has 1 saturated heterocycles. The van der Waals surface area contributed by atoms with Crippen LogP contribution in [-0.4, -0.2) is 36.1 Å². The van der Waals surface area contributed by atoms with Crippen LogP contribution in [0, 0.1) is 0 Å². The number of alkyl halides is 3. The van der Waals surface area contributed by atoms with Gasteiger partial charge in [0.2, 0.25) is 0 Å². The first kappa shape index (κ1) is 10.3. The topological polar surface area (TPSA) is 44.1 Å². The van der Waals surface area contributed by atoms with Crippen molar-refractivity contribution in [1.29, 1.82) is 0 Å². The predicted molar refractivity (Wildman–Crippen MR) is 40.0 cm³/mol. The van der Waals surface area contributed by atoms with Gasteiger partial charge in [-0.3, -0.25) is 4.79 Å². The molecule has 0 aliphatic carbocycles. The van der Waals surface area contributed by atoms with Gasteiger partial charge in [-0.05, 0) is 0 Å². The average Bonchev–Trinajstić information content (AvgIpc) is 2.03. The van der Waals surface area contributed by atoms with Gasteiger partial charge < -0.3 is 10.6 Å². The highest BCUT2D eigenvalue weighted by molar-refractivity contribution is 5.81. The van der Waals surface area contributed by atoms with Gasteiger partial charge in [-0.2, -0.15) is 13.2 Å². The second-order valence-corrected chi connectivity index (χ2v) is 3.06. The number of nitrogens with one attached hydrogen (secondary N) is 1. The molecule has 1 aliphatic heterocycles. The van der Waals surface area contributed by atoms with Crippen molar-refractivity contribution in [3.05, 3.63) is 5.73 Å². The summed E-state index contributed by atoms with van der Waals surface area (Å²) in [6.45, 7) is 0.0962. The summed E-state index contributed by atoms with van der Waals surface area (Å²) in [5.41, 5.74) is 7.24. The molecule has 0 aromatic carbocycles. The number of nitrogens with zero attached hydrogens (tertiary/aromatic N) is 1. The van der Waals surface area contributed by atoms with Crippen LogP contribution in [0.3, 0.4) is 0 Å². The molecule has 13 heavy (non-hydrogen) atoms. The van der Waals surface area contributed by atoms with E-state index in [9.17, 15) is 18.0 Å². The Bertz CT molecular complexity index is 196. The molecule has 1 aliphatic rings. The van der Waals surface area contributed by atoms with E-state index in [1.807, 2.05) is 0 Å². The fraction of sp³-hybridized carbons (Fsp3) is 0.857.